The smallest absolute Gasteiger partial charge is 0.00966 e. The van der Waals surface area contributed by atoms with E-state index in [0.717, 1.165) is 23.7 Å². The average Bonchev–Trinajstić information content (AvgIpc) is 2.27. The molecule has 0 bridgehead atoms. The van der Waals surface area contributed by atoms with E-state index in [1.807, 2.05) is 0 Å². The molecular formula is C18H37N. The van der Waals surface area contributed by atoms with Crippen molar-refractivity contribution in [1.29, 1.82) is 0 Å². The quantitative estimate of drug-likeness (QED) is 0.693. The first-order valence-electron chi connectivity index (χ1n) is 8.56. The molecule has 0 heterocycles. The Hall–Kier alpha value is -0.0400. The fourth-order valence-corrected chi connectivity index (χ4v) is 3.68. The third-order valence-corrected chi connectivity index (χ3v) is 4.78. The van der Waals surface area contributed by atoms with Crippen LogP contribution in [0.25, 0.3) is 0 Å². The Kier molecular flexibility index (Phi) is 6.86. The molecule has 19 heavy (non-hydrogen) atoms. The van der Waals surface area contributed by atoms with Crippen LogP contribution in [0.4, 0.5) is 0 Å². The summed E-state index contributed by atoms with van der Waals surface area (Å²) in [4.78, 5) is 0. The van der Waals surface area contributed by atoms with Crippen LogP contribution in [-0.4, -0.2) is 12.1 Å². The molecule has 114 valence electrons. The van der Waals surface area contributed by atoms with Gasteiger partial charge < -0.3 is 5.32 Å². The molecule has 4 atom stereocenters. The van der Waals surface area contributed by atoms with E-state index in [9.17, 15) is 0 Å². The highest BCUT2D eigenvalue weighted by Gasteiger charge is 2.30. The molecule has 1 nitrogen and oxygen atoms in total. The van der Waals surface area contributed by atoms with Crippen molar-refractivity contribution in [2.24, 2.45) is 23.7 Å². The van der Waals surface area contributed by atoms with Crippen LogP contribution in [0.15, 0.2) is 0 Å². The van der Waals surface area contributed by atoms with Gasteiger partial charge in [0.05, 0.1) is 0 Å². The third kappa shape index (κ3) is 6.79. The standard InChI is InChI=1S/C18H37N/c1-7-8-14(2)11-17-12-15(3)9-10-16(17)13-19-18(4,5)6/h14-17,19H,7-13H2,1-6H3. The first-order valence-corrected chi connectivity index (χ1v) is 8.56. The van der Waals surface area contributed by atoms with Crippen LogP contribution in [0.3, 0.4) is 0 Å². The molecule has 0 aromatic heterocycles. The van der Waals surface area contributed by atoms with Crippen LogP contribution in [-0.2, 0) is 0 Å². The van der Waals surface area contributed by atoms with Crippen LogP contribution in [0.5, 0.6) is 0 Å². The monoisotopic (exact) mass is 267 g/mol. The zero-order valence-corrected chi connectivity index (χ0v) is 14.3. The summed E-state index contributed by atoms with van der Waals surface area (Å²) in [7, 11) is 0. The Morgan fingerprint density at radius 3 is 2.42 bits per heavy atom. The summed E-state index contributed by atoms with van der Waals surface area (Å²) in [5, 5.41) is 3.74. The van der Waals surface area contributed by atoms with Crippen molar-refractivity contribution < 1.29 is 0 Å². The predicted octanol–water partition coefficient (Wildman–Crippen LogP) is 5.25. The summed E-state index contributed by atoms with van der Waals surface area (Å²) in [5.74, 6) is 3.73. The van der Waals surface area contributed by atoms with Gasteiger partial charge in [0.25, 0.3) is 0 Å². The van der Waals surface area contributed by atoms with Crippen molar-refractivity contribution in [1.82, 2.24) is 5.32 Å². The number of nitrogens with one attached hydrogen (secondary N) is 1. The van der Waals surface area contributed by atoms with Crippen molar-refractivity contribution >= 4 is 0 Å². The Bertz CT molecular complexity index is 241. The van der Waals surface area contributed by atoms with Crippen LogP contribution >= 0.6 is 0 Å². The zero-order chi connectivity index (χ0) is 14.5. The van der Waals surface area contributed by atoms with E-state index in [-0.39, 0.29) is 5.54 Å². The van der Waals surface area contributed by atoms with E-state index >= 15 is 0 Å². The van der Waals surface area contributed by atoms with Gasteiger partial charge in [-0.25, -0.2) is 0 Å². The highest BCUT2D eigenvalue weighted by Crippen LogP contribution is 2.38. The first-order chi connectivity index (χ1) is 8.81. The Morgan fingerprint density at radius 2 is 1.84 bits per heavy atom. The molecular weight excluding hydrogens is 230 g/mol. The van der Waals surface area contributed by atoms with E-state index in [1.165, 1.54) is 45.1 Å². The summed E-state index contributed by atoms with van der Waals surface area (Å²) in [5.41, 5.74) is 0.267. The molecule has 1 aliphatic carbocycles. The highest BCUT2D eigenvalue weighted by atomic mass is 14.9. The van der Waals surface area contributed by atoms with Gasteiger partial charge in [-0.1, -0.05) is 40.0 Å². The molecule has 1 saturated carbocycles. The molecule has 0 aliphatic heterocycles. The second-order valence-electron chi connectivity index (χ2n) is 8.20. The Balaban J connectivity index is 2.50. The van der Waals surface area contributed by atoms with Crippen molar-refractivity contribution in [3.05, 3.63) is 0 Å². The number of hydrogen-bond donors (Lipinski definition) is 1. The largest absolute Gasteiger partial charge is 0.312 e. The molecule has 0 radical (unpaired) electrons. The van der Waals surface area contributed by atoms with Crippen LogP contribution < -0.4 is 5.32 Å². The van der Waals surface area contributed by atoms with E-state index < -0.39 is 0 Å². The molecule has 0 spiro atoms. The van der Waals surface area contributed by atoms with Crippen LogP contribution in [0.2, 0.25) is 0 Å². The van der Waals surface area contributed by atoms with Crippen LogP contribution in [0.1, 0.15) is 80.1 Å². The van der Waals surface area contributed by atoms with Crippen molar-refractivity contribution in [2.75, 3.05) is 6.54 Å². The molecule has 0 aromatic rings. The van der Waals surface area contributed by atoms with Crippen molar-refractivity contribution in [3.63, 3.8) is 0 Å². The van der Waals surface area contributed by atoms with Gasteiger partial charge in [0.15, 0.2) is 0 Å². The fourth-order valence-electron chi connectivity index (χ4n) is 3.68. The lowest BCUT2D eigenvalue weighted by molar-refractivity contribution is 0.148. The number of hydrogen-bond acceptors (Lipinski definition) is 1. The molecule has 0 aromatic carbocycles. The molecule has 1 rings (SSSR count). The van der Waals surface area contributed by atoms with Crippen LogP contribution in [0, 0.1) is 23.7 Å². The first kappa shape index (κ1) is 17.0. The van der Waals surface area contributed by atoms with Crippen molar-refractivity contribution in [2.45, 2.75) is 85.6 Å². The summed E-state index contributed by atoms with van der Waals surface area (Å²) in [6.45, 7) is 15.3. The summed E-state index contributed by atoms with van der Waals surface area (Å²) < 4.78 is 0. The Labute approximate surface area is 121 Å². The maximum absolute atomic E-state index is 3.74. The normalized spacial score (nSPS) is 30.3. The summed E-state index contributed by atoms with van der Waals surface area (Å²) in [6.07, 6.45) is 8.54. The van der Waals surface area contributed by atoms with Gasteiger partial charge in [-0.3, -0.25) is 0 Å². The van der Waals surface area contributed by atoms with E-state index in [4.69, 9.17) is 0 Å². The van der Waals surface area contributed by atoms with Gasteiger partial charge in [-0.2, -0.15) is 0 Å². The third-order valence-electron chi connectivity index (χ3n) is 4.78. The summed E-state index contributed by atoms with van der Waals surface area (Å²) >= 11 is 0. The van der Waals surface area contributed by atoms with E-state index in [1.54, 1.807) is 0 Å². The minimum Gasteiger partial charge on any atom is -0.312 e. The lowest BCUT2D eigenvalue weighted by Gasteiger charge is -2.38. The molecule has 1 fully saturated rings. The van der Waals surface area contributed by atoms with Gasteiger partial charge in [-0.05, 0) is 70.3 Å². The average molecular weight is 268 g/mol. The predicted molar refractivity (Wildman–Crippen MR) is 86.4 cm³/mol. The van der Waals surface area contributed by atoms with Gasteiger partial charge in [-0.15, -0.1) is 0 Å². The van der Waals surface area contributed by atoms with E-state index in [2.05, 4.69) is 46.9 Å². The second kappa shape index (κ2) is 7.67. The molecule has 4 unspecified atom stereocenters. The minimum absolute atomic E-state index is 0.267. The zero-order valence-electron chi connectivity index (χ0n) is 14.3. The van der Waals surface area contributed by atoms with Crippen molar-refractivity contribution in [3.8, 4) is 0 Å². The minimum atomic E-state index is 0.267. The number of rotatable bonds is 6. The second-order valence-corrected chi connectivity index (χ2v) is 8.20. The molecule has 1 aliphatic rings. The molecule has 0 amide bonds. The lowest BCUT2D eigenvalue weighted by atomic mass is 9.71. The topological polar surface area (TPSA) is 12.0 Å². The Morgan fingerprint density at radius 1 is 1.16 bits per heavy atom. The fraction of sp³-hybridized carbons (Fsp3) is 1.00. The van der Waals surface area contributed by atoms with E-state index in [0.29, 0.717) is 0 Å². The maximum Gasteiger partial charge on any atom is 0.00966 e. The van der Waals surface area contributed by atoms with Gasteiger partial charge in [0, 0.05) is 5.54 Å². The molecule has 1 N–H and O–H groups in total. The molecule has 1 heteroatoms. The summed E-state index contributed by atoms with van der Waals surface area (Å²) in [6, 6.07) is 0. The van der Waals surface area contributed by atoms with Gasteiger partial charge >= 0.3 is 0 Å². The highest BCUT2D eigenvalue weighted by molar-refractivity contribution is 4.83. The van der Waals surface area contributed by atoms with Gasteiger partial charge in [0.2, 0.25) is 0 Å². The van der Waals surface area contributed by atoms with Gasteiger partial charge in [0.1, 0.15) is 0 Å². The molecule has 0 saturated heterocycles. The lowest BCUT2D eigenvalue weighted by Crippen LogP contribution is -2.42. The SMILES string of the molecule is CCCC(C)CC1CC(C)CCC1CNC(C)(C)C. The maximum atomic E-state index is 3.74.